The first-order chi connectivity index (χ1) is 6.54. The van der Waals surface area contributed by atoms with Crippen LogP contribution in [0, 0.1) is 0 Å². The third-order valence-corrected chi connectivity index (χ3v) is 3.34. The van der Waals surface area contributed by atoms with Gasteiger partial charge in [-0.3, -0.25) is 4.79 Å². The van der Waals surface area contributed by atoms with Gasteiger partial charge in [0.2, 0.25) is 0 Å². The van der Waals surface area contributed by atoms with E-state index in [0.29, 0.717) is 11.5 Å². The zero-order valence-corrected chi connectivity index (χ0v) is 9.09. The van der Waals surface area contributed by atoms with Crippen molar-refractivity contribution in [1.82, 2.24) is 0 Å². The Kier molecular flexibility index (Phi) is 12.5. The molecule has 0 spiro atoms. The molecule has 0 fully saturated rings. The number of aliphatic hydroxyl groups excluding tert-OH is 1. The SMILES string of the molecule is C=O.NC(O)CSSCC(N)C(=O)O. The molecule has 8 heteroatoms. The minimum absolute atomic E-state index is 0.312. The zero-order valence-electron chi connectivity index (χ0n) is 7.46. The lowest BCUT2D eigenvalue weighted by Crippen LogP contribution is -2.32. The summed E-state index contributed by atoms with van der Waals surface area (Å²) in [6.45, 7) is 2.00. The number of carbonyl (C=O) groups excluding carboxylic acids is 1. The van der Waals surface area contributed by atoms with Crippen LogP contribution in [-0.4, -0.2) is 46.7 Å². The molecule has 84 valence electrons. The summed E-state index contributed by atoms with van der Waals surface area (Å²) in [7, 11) is 2.59. The van der Waals surface area contributed by atoms with Crippen molar-refractivity contribution in [3.05, 3.63) is 0 Å². The summed E-state index contributed by atoms with van der Waals surface area (Å²) in [6, 6.07) is -0.850. The lowest BCUT2D eigenvalue weighted by molar-refractivity contribution is -0.137. The van der Waals surface area contributed by atoms with Crippen molar-refractivity contribution >= 4 is 34.3 Å². The number of hydrogen-bond acceptors (Lipinski definition) is 7. The summed E-state index contributed by atoms with van der Waals surface area (Å²) in [5.41, 5.74) is 10.2. The highest BCUT2D eigenvalue weighted by Gasteiger charge is 2.11. The number of carboxylic acids is 1. The number of rotatable bonds is 6. The largest absolute Gasteiger partial charge is 0.480 e. The van der Waals surface area contributed by atoms with E-state index in [1.165, 1.54) is 21.6 Å². The Balaban J connectivity index is 0. The van der Waals surface area contributed by atoms with E-state index >= 15 is 0 Å². The van der Waals surface area contributed by atoms with Gasteiger partial charge in [-0.1, -0.05) is 21.6 Å². The molecule has 2 unspecified atom stereocenters. The van der Waals surface area contributed by atoms with E-state index in [-0.39, 0.29) is 0 Å². The number of aliphatic hydroxyl groups is 1. The van der Waals surface area contributed by atoms with Crippen LogP contribution >= 0.6 is 21.6 Å². The highest BCUT2D eigenvalue weighted by Crippen LogP contribution is 2.21. The third kappa shape index (κ3) is 11.7. The minimum Gasteiger partial charge on any atom is -0.480 e. The second-order valence-corrected chi connectivity index (χ2v) is 4.63. The summed E-state index contributed by atoms with van der Waals surface area (Å²) in [4.78, 5) is 18.2. The Morgan fingerprint density at radius 2 is 1.71 bits per heavy atom. The van der Waals surface area contributed by atoms with Gasteiger partial charge < -0.3 is 26.5 Å². The van der Waals surface area contributed by atoms with Gasteiger partial charge in [-0.2, -0.15) is 0 Å². The number of aliphatic carboxylic acids is 1. The van der Waals surface area contributed by atoms with Gasteiger partial charge in [0.05, 0.1) is 0 Å². The molecule has 0 aliphatic rings. The molecule has 0 aliphatic heterocycles. The quantitative estimate of drug-likeness (QED) is 0.262. The van der Waals surface area contributed by atoms with Gasteiger partial charge in [0.25, 0.3) is 0 Å². The normalized spacial score (nSPS) is 13.6. The first-order valence-corrected chi connectivity index (χ1v) is 5.98. The molecule has 0 rings (SSSR count). The molecule has 6 N–H and O–H groups in total. The van der Waals surface area contributed by atoms with Crippen molar-refractivity contribution in [2.75, 3.05) is 11.5 Å². The second-order valence-electron chi connectivity index (χ2n) is 2.08. The molecule has 0 saturated heterocycles. The van der Waals surface area contributed by atoms with Crippen molar-refractivity contribution in [3.8, 4) is 0 Å². The monoisotopic (exact) mass is 242 g/mol. The standard InChI is InChI=1S/C5H12N2O3S2.CH2O/c6-3(5(9)10)1-11-12-2-4(7)8;1-2/h3-4,8H,1-2,6-7H2,(H,9,10);1H2. The maximum Gasteiger partial charge on any atom is 0.321 e. The summed E-state index contributed by atoms with van der Waals surface area (Å²) < 4.78 is 0. The molecule has 0 aliphatic carbocycles. The molecule has 0 aromatic carbocycles. The van der Waals surface area contributed by atoms with Gasteiger partial charge in [-0.15, -0.1) is 0 Å². The Bertz CT molecular complexity index is 159. The van der Waals surface area contributed by atoms with E-state index in [2.05, 4.69) is 0 Å². The van der Waals surface area contributed by atoms with E-state index in [0.717, 1.165) is 0 Å². The van der Waals surface area contributed by atoms with Gasteiger partial charge in [-0.25, -0.2) is 0 Å². The minimum atomic E-state index is -1.02. The van der Waals surface area contributed by atoms with Crippen LogP contribution in [-0.2, 0) is 9.59 Å². The van der Waals surface area contributed by atoms with Crippen LogP contribution < -0.4 is 11.5 Å². The molecule has 14 heavy (non-hydrogen) atoms. The average molecular weight is 242 g/mol. The smallest absolute Gasteiger partial charge is 0.321 e. The second kappa shape index (κ2) is 10.8. The fraction of sp³-hybridized carbons (Fsp3) is 0.667. The van der Waals surface area contributed by atoms with E-state index in [9.17, 15) is 4.79 Å². The molecule has 0 bridgehead atoms. The molecule has 0 amide bonds. The van der Waals surface area contributed by atoms with E-state index in [4.69, 9.17) is 26.5 Å². The topological polar surface area (TPSA) is 127 Å². The Hall–Kier alpha value is -0.280. The van der Waals surface area contributed by atoms with Crippen LogP contribution in [0.3, 0.4) is 0 Å². The molecule has 0 aromatic rings. The van der Waals surface area contributed by atoms with E-state index < -0.39 is 18.2 Å². The predicted octanol–water partition coefficient (Wildman–Crippen LogP) is -1.13. The van der Waals surface area contributed by atoms with Crippen LogP contribution in [0.15, 0.2) is 0 Å². The summed E-state index contributed by atoms with van der Waals surface area (Å²) in [5, 5.41) is 17.0. The van der Waals surface area contributed by atoms with Crippen LogP contribution in [0.5, 0.6) is 0 Å². The van der Waals surface area contributed by atoms with Crippen molar-refractivity contribution in [3.63, 3.8) is 0 Å². The third-order valence-electron chi connectivity index (χ3n) is 0.887. The van der Waals surface area contributed by atoms with Crippen LogP contribution in [0.25, 0.3) is 0 Å². The van der Waals surface area contributed by atoms with Crippen molar-refractivity contribution < 1.29 is 19.8 Å². The molecule has 0 radical (unpaired) electrons. The maximum absolute atomic E-state index is 10.2. The van der Waals surface area contributed by atoms with Crippen LogP contribution in [0.2, 0.25) is 0 Å². The maximum atomic E-state index is 10.2. The van der Waals surface area contributed by atoms with E-state index in [1.807, 2.05) is 6.79 Å². The molecular weight excluding hydrogens is 228 g/mol. The lowest BCUT2D eigenvalue weighted by Gasteiger charge is -2.05. The first-order valence-electron chi connectivity index (χ1n) is 3.49. The van der Waals surface area contributed by atoms with Gasteiger partial charge >= 0.3 is 5.97 Å². The number of carbonyl (C=O) groups is 2. The molecule has 0 heterocycles. The molecule has 6 nitrogen and oxygen atoms in total. The molecular formula is C6H14N2O4S2. The fourth-order valence-electron chi connectivity index (χ4n) is 0.311. The highest BCUT2D eigenvalue weighted by molar-refractivity contribution is 8.76. The lowest BCUT2D eigenvalue weighted by atomic mass is 10.4. The number of carboxylic acid groups (broad SMARTS) is 1. The predicted molar refractivity (Wildman–Crippen MR) is 57.8 cm³/mol. The van der Waals surface area contributed by atoms with Crippen molar-refractivity contribution in [1.29, 1.82) is 0 Å². The Morgan fingerprint density at radius 1 is 1.29 bits per heavy atom. The number of nitrogens with two attached hydrogens (primary N) is 2. The van der Waals surface area contributed by atoms with Gasteiger partial charge in [0, 0.05) is 11.5 Å². The Labute approximate surface area is 89.8 Å². The summed E-state index contributed by atoms with van der Waals surface area (Å²) in [5.74, 6) is -0.333. The van der Waals surface area contributed by atoms with E-state index in [1.54, 1.807) is 0 Å². The first kappa shape index (κ1) is 16.2. The molecule has 0 saturated carbocycles. The summed E-state index contributed by atoms with van der Waals surface area (Å²) >= 11 is 0. The molecule has 2 atom stereocenters. The zero-order chi connectivity index (χ0) is 11.6. The number of hydrogen-bond donors (Lipinski definition) is 4. The highest BCUT2D eigenvalue weighted by atomic mass is 33.1. The van der Waals surface area contributed by atoms with Crippen LogP contribution in [0.1, 0.15) is 0 Å². The van der Waals surface area contributed by atoms with Crippen LogP contribution in [0.4, 0.5) is 0 Å². The van der Waals surface area contributed by atoms with Gasteiger partial charge in [0.1, 0.15) is 19.1 Å². The molecule has 0 aromatic heterocycles. The van der Waals surface area contributed by atoms with Crippen molar-refractivity contribution in [2.45, 2.75) is 12.3 Å². The average Bonchev–Trinajstić information content (AvgIpc) is 2.15. The van der Waals surface area contributed by atoms with Gasteiger partial charge in [0.15, 0.2) is 0 Å². The fourth-order valence-corrected chi connectivity index (χ4v) is 2.37. The van der Waals surface area contributed by atoms with Gasteiger partial charge in [-0.05, 0) is 0 Å². The van der Waals surface area contributed by atoms with Crippen molar-refractivity contribution in [2.24, 2.45) is 11.5 Å². The summed E-state index contributed by atoms with van der Waals surface area (Å²) in [6.07, 6.45) is -0.858. The Morgan fingerprint density at radius 3 is 2.07 bits per heavy atom.